The van der Waals surface area contributed by atoms with E-state index in [2.05, 4.69) is 34.3 Å². The summed E-state index contributed by atoms with van der Waals surface area (Å²) in [6.07, 6.45) is 5.79. The molecule has 2 heterocycles. The van der Waals surface area contributed by atoms with Gasteiger partial charge in [-0.1, -0.05) is 13.8 Å². The van der Waals surface area contributed by atoms with E-state index in [1.165, 1.54) is 12.8 Å². The average molecular weight is 262 g/mol. The average Bonchev–Trinajstić information content (AvgIpc) is 3.19. The highest BCUT2D eigenvalue weighted by molar-refractivity contribution is 5.28. The third-order valence-corrected chi connectivity index (χ3v) is 4.05. The molecule has 1 aromatic heterocycles. The second kappa shape index (κ2) is 5.41. The first kappa shape index (κ1) is 12.8. The Kier molecular flexibility index (Phi) is 3.64. The van der Waals surface area contributed by atoms with Gasteiger partial charge in [0.25, 0.3) is 0 Å². The number of anilines is 1. The van der Waals surface area contributed by atoms with Gasteiger partial charge in [-0.25, -0.2) is 4.98 Å². The Morgan fingerprint density at radius 1 is 1.11 bits per heavy atom. The maximum absolute atomic E-state index is 5.82. The van der Waals surface area contributed by atoms with Crippen molar-refractivity contribution in [3.63, 3.8) is 0 Å². The van der Waals surface area contributed by atoms with Crippen molar-refractivity contribution in [2.75, 3.05) is 11.9 Å². The molecule has 1 aromatic rings. The molecule has 0 amide bonds. The van der Waals surface area contributed by atoms with Crippen LogP contribution in [0.1, 0.15) is 44.5 Å². The molecule has 3 rings (SSSR count). The lowest BCUT2D eigenvalue weighted by atomic mass is 10.1. The lowest BCUT2D eigenvalue weighted by Gasteiger charge is -2.19. The third kappa shape index (κ3) is 2.71. The van der Waals surface area contributed by atoms with E-state index in [0.29, 0.717) is 18.1 Å². The molecule has 1 saturated heterocycles. The molecule has 1 aliphatic carbocycles. The van der Waals surface area contributed by atoms with E-state index in [0.717, 1.165) is 43.2 Å². The van der Waals surface area contributed by atoms with Gasteiger partial charge in [-0.2, -0.15) is 5.10 Å². The maximum Gasteiger partial charge on any atom is 0.243 e. The van der Waals surface area contributed by atoms with Gasteiger partial charge in [0.15, 0.2) is 0 Å². The Morgan fingerprint density at radius 2 is 1.89 bits per heavy atom. The summed E-state index contributed by atoms with van der Waals surface area (Å²) < 4.78 is 5.82. The van der Waals surface area contributed by atoms with Crippen LogP contribution in [0.15, 0.2) is 0 Å². The zero-order chi connectivity index (χ0) is 13.2. The first-order chi connectivity index (χ1) is 9.31. The summed E-state index contributed by atoms with van der Waals surface area (Å²) in [5.74, 6) is 1.41. The predicted octanol–water partition coefficient (Wildman–Crippen LogP) is 1.98. The Labute approximate surface area is 114 Å². The summed E-state index contributed by atoms with van der Waals surface area (Å²) in [5, 5.41) is 11.9. The highest BCUT2D eigenvalue weighted by Crippen LogP contribution is 2.39. The fourth-order valence-corrected chi connectivity index (χ4v) is 2.82. The number of hydrogen-bond acceptors (Lipinski definition) is 5. The molecule has 0 spiro atoms. The number of aromatic nitrogens is 3. The van der Waals surface area contributed by atoms with E-state index in [-0.39, 0.29) is 0 Å². The summed E-state index contributed by atoms with van der Waals surface area (Å²) in [6.45, 7) is 5.05. The van der Waals surface area contributed by atoms with Crippen molar-refractivity contribution in [3.05, 3.63) is 11.4 Å². The molecule has 0 bridgehead atoms. The quantitative estimate of drug-likeness (QED) is 0.879. The molecule has 0 radical (unpaired) electrons. The van der Waals surface area contributed by atoms with Crippen LogP contribution in [0.4, 0.5) is 5.95 Å². The molecular formula is C14H22N4O. The molecule has 1 aliphatic heterocycles. The van der Waals surface area contributed by atoms with Crippen LogP contribution in [0.2, 0.25) is 0 Å². The fraction of sp³-hybridized carbons (Fsp3) is 0.786. The van der Waals surface area contributed by atoms with E-state index in [4.69, 9.17) is 4.74 Å². The minimum atomic E-state index is 0.347. The van der Waals surface area contributed by atoms with Crippen LogP contribution in [-0.2, 0) is 17.6 Å². The summed E-state index contributed by atoms with van der Waals surface area (Å²) >= 11 is 0. The Morgan fingerprint density at radius 3 is 2.58 bits per heavy atom. The lowest BCUT2D eigenvalue weighted by Crippen LogP contribution is -2.32. The van der Waals surface area contributed by atoms with Crippen LogP contribution in [0, 0.1) is 5.92 Å². The highest BCUT2D eigenvalue weighted by atomic mass is 16.5. The van der Waals surface area contributed by atoms with E-state index in [1.54, 1.807) is 0 Å². The largest absolute Gasteiger partial charge is 0.376 e. The van der Waals surface area contributed by atoms with Crippen LogP contribution >= 0.6 is 0 Å². The zero-order valence-electron chi connectivity index (χ0n) is 11.7. The van der Waals surface area contributed by atoms with Gasteiger partial charge in [0.2, 0.25) is 5.95 Å². The molecule has 104 valence electrons. The smallest absolute Gasteiger partial charge is 0.243 e. The molecular weight excluding hydrogens is 240 g/mol. The van der Waals surface area contributed by atoms with Crippen LogP contribution in [0.5, 0.6) is 0 Å². The van der Waals surface area contributed by atoms with Crippen LogP contribution in [-0.4, -0.2) is 33.9 Å². The number of ether oxygens (including phenoxy) is 1. The molecule has 19 heavy (non-hydrogen) atoms. The number of aryl methyl sites for hydroxylation is 2. The molecule has 1 saturated carbocycles. The van der Waals surface area contributed by atoms with Crippen molar-refractivity contribution in [2.24, 2.45) is 5.92 Å². The van der Waals surface area contributed by atoms with Gasteiger partial charge < -0.3 is 10.1 Å². The van der Waals surface area contributed by atoms with Crippen LogP contribution in [0.3, 0.4) is 0 Å². The van der Waals surface area contributed by atoms with Crippen molar-refractivity contribution in [1.29, 1.82) is 0 Å². The third-order valence-electron chi connectivity index (χ3n) is 4.05. The molecule has 2 fully saturated rings. The normalized spacial score (nSPS) is 26.6. The monoisotopic (exact) mass is 262 g/mol. The molecule has 2 atom stereocenters. The van der Waals surface area contributed by atoms with Crippen LogP contribution in [0.25, 0.3) is 0 Å². The number of rotatable bonds is 5. The Balaban J connectivity index is 1.71. The van der Waals surface area contributed by atoms with Gasteiger partial charge in [0.1, 0.15) is 0 Å². The zero-order valence-corrected chi connectivity index (χ0v) is 11.7. The molecule has 2 unspecified atom stereocenters. The lowest BCUT2D eigenvalue weighted by molar-refractivity contribution is 0.0897. The van der Waals surface area contributed by atoms with E-state index in [9.17, 15) is 0 Å². The van der Waals surface area contributed by atoms with Gasteiger partial charge in [0, 0.05) is 6.61 Å². The summed E-state index contributed by atoms with van der Waals surface area (Å²) in [6, 6.07) is 0.353. The first-order valence-corrected chi connectivity index (χ1v) is 7.42. The molecule has 1 N–H and O–H groups in total. The first-order valence-electron chi connectivity index (χ1n) is 7.42. The van der Waals surface area contributed by atoms with Crippen molar-refractivity contribution in [2.45, 2.75) is 58.1 Å². The molecule has 5 heteroatoms. The fourth-order valence-electron chi connectivity index (χ4n) is 2.82. The topological polar surface area (TPSA) is 59.9 Å². The van der Waals surface area contributed by atoms with Gasteiger partial charge in [0.05, 0.1) is 23.5 Å². The standard InChI is InChI=1S/C14H22N4O/c1-3-10-11(4-2)17-18-14(15-10)16-12-7-8-19-13(12)9-5-6-9/h9,12-13H,3-8H2,1-2H3,(H,15,16,18). The number of hydrogen-bond donors (Lipinski definition) is 1. The van der Waals surface area contributed by atoms with Crippen molar-refractivity contribution in [1.82, 2.24) is 15.2 Å². The van der Waals surface area contributed by atoms with Crippen molar-refractivity contribution >= 4 is 5.95 Å². The Bertz CT molecular complexity index is 447. The van der Waals surface area contributed by atoms with Gasteiger partial charge in [-0.15, -0.1) is 5.10 Å². The second-order valence-corrected chi connectivity index (χ2v) is 5.45. The van der Waals surface area contributed by atoms with Crippen molar-refractivity contribution in [3.8, 4) is 0 Å². The minimum Gasteiger partial charge on any atom is -0.376 e. The van der Waals surface area contributed by atoms with Crippen LogP contribution < -0.4 is 5.32 Å². The van der Waals surface area contributed by atoms with Gasteiger partial charge in [-0.05, 0) is 38.0 Å². The van der Waals surface area contributed by atoms with E-state index >= 15 is 0 Å². The molecule has 5 nitrogen and oxygen atoms in total. The van der Waals surface area contributed by atoms with Gasteiger partial charge >= 0.3 is 0 Å². The Hall–Kier alpha value is -1.23. The maximum atomic E-state index is 5.82. The minimum absolute atomic E-state index is 0.347. The summed E-state index contributed by atoms with van der Waals surface area (Å²) in [5.41, 5.74) is 2.07. The van der Waals surface area contributed by atoms with Gasteiger partial charge in [-0.3, -0.25) is 0 Å². The van der Waals surface area contributed by atoms with Crippen molar-refractivity contribution < 1.29 is 4.74 Å². The SMILES string of the molecule is CCc1nnc(NC2CCOC2C2CC2)nc1CC. The molecule has 2 aliphatic rings. The summed E-state index contributed by atoms with van der Waals surface area (Å²) in [4.78, 5) is 4.60. The molecule has 0 aromatic carbocycles. The number of nitrogens with one attached hydrogen (secondary N) is 1. The summed E-state index contributed by atoms with van der Waals surface area (Å²) in [7, 11) is 0. The number of nitrogens with zero attached hydrogens (tertiary/aromatic N) is 3. The van der Waals surface area contributed by atoms with E-state index < -0.39 is 0 Å². The second-order valence-electron chi connectivity index (χ2n) is 5.45. The predicted molar refractivity (Wildman–Crippen MR) is 73.1 cm³/mol. The van der Waals surface area contributed by atoms with E-state index in [1.807, 2.05) is 0 Å². The highest BCUT2D eigenvalue weighted by Gasteiger charge is 2.40.